The van der Waals surface area contributed by atoms with Crippen molar-refractivity contribution in [3.8, 4) is 0 Å². The number of aromatic nitrogens is 2. The fourth-order valence-electron chi connectivity index (χ4n) is 0.683. The first-order valence-corrected chi connectivity index (χ1v) is 5.08. The molecule has 14 heavy (non-hydrogen) atoms. The van der Waals surface area contributed by atoms with Crippen molar-refractivity contribution < 1.29 is 4.79 Å². The number of H-pyrrole nitrogens is 1. The lowest BCUT2D eigenvalue weighted by Crippen LogP contribution is -2.20. The van der Waals surface area contributed by atoms with Crippen molar-refractivity contribution in [2.75, 3.05) is 12.8 Å². The van der Waals surface area contributed by atoms with Crippen LogP contribution in [0.5, 0.6) is 0 Å². The van der Waals surface area contributed by atoms with Crippen LogP contribution in [0, 0.1) is 0 Å². The maximum absolute atomic E-state index is 11.0. The van der Waals surface area contributed by atoms with Gasteiger partial charge in [-0.25, -0.2) is 5.10 Å². The van der Waals surface area contributed by atoms with Gasteiger partial charge in [-0.3, -0.25) is 9.59 Å². The van der Waals surface area contributed by atoms with Gasteiger partial charge in [0, 0.05) is 7.05 Å². The highest BCUT2D eigenvalue weighted by molar-refractivity contribution is 8.00. The lowest BCUT2D eigenvalue weighted by atomic mass is 10.6. The molecule has 2 N–H and O–H groups in total. The Bertz CT molecular complexity index is 393. The van der Waals surface area contributed by atoms with Crippen molar-refractivity contribution in [3.05, 3.63) is 21.6 Å². The Kier molecular flexibility index (Phi) is 3.97. The van der Waals surface area contributed by atoms with Crippen LogP contribution >= 0.6 is 23.4 Å². The number of aromatic amines is 1. The van der Waals surface area contributed by atoms with E-state index in [4.69, 9.17) is 11.6 Å². The van der Waals surface area contributed by atoms with Crippen LogP contribution in [0.3, 0.4) is 0 Å². The van der Waals surface area contributed by atoms with Gasteiger partial charge < -0.3 is 5.32 Å². The van der Waals surface area contributed by atoms with Crippen LogP contribution in [-0.4, -0.2) is 28.9 Å². The number of carbonyl (C=O) groups is 1. The van der Waals surface area contributed by atoms with E-state index in [1.807, 2.05) is 0 Å². The molecule has 0 aliphatic heterocycles. The fourth-order valence-corrected chi connectivity index (χ4v) is 1.72. The molecule has 0 aliphatic carbocycles. The van der Waals surface area contributed by atoms with E-state index in [0.29, 0.717) is 4.90 Å². The minimum Gasteiger partial charge on any atom is -0.358 e. The van der Waals surface area contributed by atoms with E-state index in [9.17, 15) is 9.59 Å². The van der Waals surface area contributed by atoms with E-state index < -0.39 is 5.56 Å². The molecule has 0 radical (unpaired) electrons. The summed E-state index contributed by atoms with van der Waals surface area (Å²) in [6.07, 6.45) is 1.41. The number of thioether (sulfide) groups is 1. The first-order chi connectivity index (χ1) is 6.65. The van der Waals surface area contributed by atoms with Gasteiger partial charge in [-0.05, 0) is 0 Å². The molecule has 5 nitrogen and oxygen atoms in total. The molecule has 0 atom stereocenters. The largest absolute Gasteiger partial charge is 0.358 e. The lowest BCUT2D eigenvalue weighted by molar-refractivity contribution is -0.118. The highest BCUT2D eigenvalue weighted by Gasteiger charge is 2.07. The third-order valence-electron chi connectivity index (χ3n) is 1.40. The maximum atomic E-state index is 11.0. The number of amides is 1. The van der Waals surface area contributed by atoms with E-state index in [0.717, 1.165) is 0 Å². The van der Waals surface area contributed by atoms with Crippen molar-refractivity contribution in [2.24, 2.45) is 0 Å². The first kappa shape index (κ1) is 11.1. The molecular formula is C7H8ClN3O2S. The summed E-state index contributed by atoms with van der Waals surface area (Å²) >= 11 is 6.85. The average Bonchev–Trinajstić information content (AvgIpc) is 2.20. The van der Waals surface area contributed by atoms with Gasteiger partial charge in [0.2, 0.25) is 5.91 Å². The second-order valence-corrected chi connectivity index (χ2v) is 3.73. The molecule has 1 aromatic heterocycles. The van der Waals surface area contributed by atoms with Crippen molar-refractivity contribution in [1.82, 2.24) is 15.5 Å². The van der Waals surface area contributed by atoms with E-state index in [1.165, 1.54) is 18.0 Å². The van der Waals surface area contributed by atoms with Gasteiger partial charge in [0.1, 0.15) is 5.02 Å². The van der Waals surface area contributed by atoms with Gasteiger partial charge in [0.05, 0.1) is 16.8 Å². The first-order valence-electron chi connectivity index (χ1n) is 3.71. The molecule has 0 saturated heterocycles. The second kappa shape index (κ2) is 5.02. The van der Waals surface area contributed by atoms with Crippen LogP contribution in [0.1, 0.15) is 0 Å². The van der Waals surface area contributed by atoms with E-state index in [2.05, 4.69) is 15.5 Å². The molecule has 7 heteroatoms. The summed E-state index contributed by atoms with van der Waals surface area (Å²) in [4.78, 5) is 22.4. The Hall–Kier alpha value is -1.01. The predicted molar refractivity (Wildman–Crippen MR) is 54.7 cm³/mol. The monoisotopic (exact) mass is 233 g/mol. The second-order valence-electron chi connectivity index (χ2n) is 2.34. The number of hydrogen-bond donors (Lipinski definition) is 2. The number of halogens is 1. The maximum Gasteiger partial charge on any atom is 0.284 e. The fraction of sp³-hybridized carbons (Fsp3) is 0.286. The van der Waals surface area contributed by atoms with Crippen LogP contribution in [-0.2, 0) is 4.79 Å². The van der Waals surface area contributed by atoms with Crippen molar-refractivity contribution in [2.45, 2.75) is 4.90 Å². The summed E-state index contributed by atoms with van der Waals surface area (Å²) in [6.45, 7) is 0. The molecule has 76 valence electrons. The highest BCUT2D eigenvalue weighted by Crippen LogP contribution is 2.21. The van der Waals surface area contributed by atoms with Crippen LogP contribution in [0.4, 0.5) is 0 Å². The molecule has 1 heterocycles. The van der Waals surface area contributed by atoms with Crippen LogP contribution in [0.2, 0.25) is 5.02 Å². The zero-order valence-corrected chi connectivity index (χ0v) is 8.91. The van der Waals surface area contributed by atoms with Crippen molar-refractivity contribution in [1.29, 1.82) is 0 Å². The number of rotatable bonds is 3. The van der Waals surface area contributed by atoms with Crippen LogP contribution in [0.25, 0.3) is 0 Å². The molecule has 0 fully saturated rings. The molecule has 1 rings (SSSR count). The normalized spacial score (nSPS) is 9.86. The smallest absolute Gasteiger partial charge is 0.284 e. The lowest BCUT2D eigenvalue weighted by Gasteiger charge is -2.00. The standard InChI is InChI=1S/C7H8ClN3O2S/c1-9-5(12)3-14-4-2-10-11-7(13)6(4)8/h2H,3H2,1H3,(H,9,12)(H,11,13). The quantitative estimate of drug-likeness (QED) is 0.735. The molecule has 0 saturated carbocycles. The summed E-state index contributed by atoms with van der Waals surface area (Å²) in [5.74, 6) is 0.0767. The Labute approximate surface area is 89.2 Å². The minimum atomic E-state index is -0.450. The van der Waals surface area contributed by atoms with Gasteiger partial charge >= 0.3 is 0 Å². The van der Waals surface area contributed by atoms with Gasteiger partial charge in [-0.2, -0.15) is 5.10 Å². The summed E-state index contributed by atoms with van der Waals surface area (Å²) in [5, 5.41) is 8.29. The van der Waals surface area contributed by atoms with E-state index in [-0.39, 0.29) is 16.7 Å². The Morgan fingerprint density at radius 2 is 2.50 bits per heavy atom. The Morgan fingerprint density at radius 3 is 3.14 bits per heavy atom. The average molecular weight is 234 g/mol. The van der Waals surface area contributed by atoms with Gasteiger partial charge in [-0.1, -0.05) is 11.6 Å². The predicted octanol–water partition coefficient (Wildman–Crippen LogP) is 0.261. The summed E-state index contributed by atoms with van der Waals surface area (Å²) in [7, 11) is 1.54. The third-order valence-corrected chi connectivity index (χ3v) is 2.92. The van der Waals surface area contributed by atoms with Crippen LogP contribution < -0.4 is 10.9 Å². The summed E-state index contributed by atoms with van der Waals surface area (Å²) < 4.78 is 0. The third kappa shape index (κ3) is 2.74. The molecular weight excluding hydrogens is 226 g/mol. The van der Waals surface area contributed by atoms with E-state index >= 15 is 0 Å². The summed E-state index contributed by atoms with van der Waals surface area (Å²) in [6, 6.07) is 0. The molecule has 1 aromatic rings. The van der Waals surface area contributed by atoms with Crippen molar-refractivity contribution in [3.63, 3.8) is 0 Å². The molecule has 0 bridgehead atoms. The molecule has 0 aliphatic rings. The number of nitrogens with one attached hydrogen (secondary N) is 2. The molecule has 1 amide bonds. The Morgan fingerprint density at radius 1 is 1.79 bits per heavy atom. The zero-order valence-electron chi connectivity index (χ0n) is 7.33. The van der Waals surface area contributed by atoms with Gasteiger partial charge in [0.25, 0.3) is 5.56 Å². The number of nitrogens with zero attached hydrogens (tertiary/aromatic N) is 1. The van der Waals surface area contributed by atoms with Crippen LogP contribution in [0.15, 0.2) is 15.9 Å². The zero-order chi connectivity index (χ0) is 10.6. The molecule has 0 unspecified atom stereocenters. The summed E-state index contributed by atoms with van der Waals surface area (Å²) in [5.41, 5.74) is -0.450. The SMILES string of the molecule is CNC(=O)CSc1cn[nH]c(=O)c1Cl. The highest BCUT2D eigenvalue weighted by atomic mass is 35.5. The van der Waals surface area contributed by atoms with Gasteiger partial charge in [-0.15, -0.1) is 11.8 Å². The molecule has 0 spiro atoms. The van der Waals surface area contributed by atoms with E-state index in [1.54, 1.807) is 7.05 Å². The van der Waals surface area contributed by atoms with Gasteiger partial charge in [0.15, 0.2) is 0 Å². The molecule has 0 aromatic carbocycles. The Balaban J connectivity index is 2.73. The van der Waals surface area contributed by atoms with Crippen molar-refractivity contribution >= 4 is 29.3 Å². The topological polar surface area (TPSA) is 74.8 Å². The minimum absolute atomic E-state index is 0.0638. The number of carbonyl (C=O) groups excluding carboxylic acids is 1. The number of hydrogen-bond acceptors (Lipinski definition) is 4.